The Kier molecular flexibility index (Phi) is 10.8. The van der Waals surface area contributed by atoms with Crippen LogP contribution in [0.3, 0.4) is 0 Å². The van der Waals surface area contributed by atoms with Crippen LogP contribution in [-0.4, -0.2) is 30.0 Å². The molecule has 0 aliphatic carbocycles. The molecule has 1 amide bonds. The number of hydrogen-bond acceptors (Lipinski definition) is 3. The number of rotatable bonds is 10. The molecule has 0 aliphatic heterocycles. The van der Waals surface area contributed by atoms with Crippen molar-refractivity contribution in [1.29, 1.82) is 0 Å². The first kappa shape index (κ1) is 16.8. The normalized spacial score (nSPS) is 14.4. The fourth-order valence-electron chi connectivity index (χ4n) is 1.68. The van der Waals surface area contributed by atoms with E-state index in [1.165, 1.54) is 25.7 Å². The zero-order valence-corrected chi connectivity index (χ0v) is 12.3. The van der Waals surface area contributed by atoms with Crippen LogP contribution in [0, 0.1) is 0 Å². The number of hydrogen-bond donors (Lipinski definition) is 2. The lowest BCUT2D eigenvalue weighted by molar-refractivity contribution is -0.123. The van der Waals surface area contributed by atoms with Crippen LogP contribution in [0.15, 0.2) is 0 Å². The van der Waals surface area contributed by atoms with Crippen molar-refractivity contribution in [2.24, 2.45) is 5.73 Å². The summed E-state index contributed by atoms with van der Waals surface area (Å²) in [5.74, 6) is 0.946. The van der Waals surface area contributed by atoms with Crippen LogP contribution in [0.1, 0.15) is 52.4 Å². The topological polar surface area (TPSA) is 55.1 Å². The smallest absolute Gasteiger partial charge is 0.237 e. The lowest BCUT2D eigenvalue weighted by Crippen LogP contribution is -2.44. The predicted molar refractivity (Wildman–Crippen MR) is 77.3 cm³/mol. The molecule has 3 N–H and O–H groups in total. The van der Waals surface area contributed by atoms with Gasteiger partial charge < -0.3 is 11.1 Å². The predicted octanol–water partition coefficient (Wildman–Crippen LogP) is 2.54. The first-order chi connectivity index (χ1) is 8.11. The van der Waals surface area contributed by atoms with Gasteiger partial charge in [-0.15, -0.1) is 0 Å². The maximum atomic E-state index is 11.7. The minimum absolute atomic E-state index is 0.00189. The summed E-state index contributed by atoms with van der Waals surface area (Å²) in [6.07, 6.45) is 8.83. The van der Waals surface area contributed by atoms with E-state index in [1.807, 2.05) is 6.26 Å². The SMILES string of the molecule is CCCCCCC(C)NC(=O)[C@H](N)CCSC. The number of nitrogens with two attached hydrogens (primary N) is 1. The highest BCUT2D eigenvalue weighted by molar-refractivity contribution is 7.98. The van der Waals surface area contributed by atoms with Crippen molar-refractivity contribution in [2.75, 3.05) is 12.0 Å². The van der Waals surface area contributed by atoms with Crippen LogP contribution in [0.5, 0.6) is 0 Å². The van der Waals surface area contributed by atoms with E-state index >= 15 is 0 Å². The van der Waals surface area contributed by atoms with Crippen LogP contribution in [0.25, 0.3) is 0 Å². The van der Waals surface area contributed by atoms with Gasteiger partial charge in [-0.25, -0.2) is 0 Å². The van der Waals surface area contributed by atoms with Crippen molar-refractivity contribution in [3.05, 3.63) is 0 Å². The minimum atomic E-state index is -0.347. The fraction of sp³-hybridized carbons (Fsp3) is 0.923. The second kappa shape index (κ2) is 10.9. The van der Waals surface area contributed by atoms with Crippen LogP contribution in [-0.2, 0) is 4.79 Å². The standard InChI is InChI=1S/C13H28N2OS/c1-4-5-6-7-8-11(2)15-13(16)12(14)9-10-17-3/h11-12H,4-10,14H2,1-3H3,(H,15,16)/t11?,12-/m1/s1. The summed E-state index contributed by atoms with van der Waals surface area (Å²) < 4.78 is 0. The average molecular weight is 260 g/mol. The second-order valence-electron chi connectivity index (χ2n) is 4.65. The number of nitrogens with one attached hydrogen (secondary N) is 1. The lowest BCUT2D eigenvalue weighted by atomic mass is 10.1. The Balaban J connectivity index is 3.63. The van der Waals surface area contributed by atoms with Gasteiger partial charge in [-0.05, 0) is 31.8 Å². The number of thioether (sulfide) groups is 1. The number of carbonyl (C=O) groups excluding carboxylic acids is 1. The van der Waals surface area contributed by atoms with Crippen molar-refractivity contribution in [1.82, 2.24) is 5.32 Å². The molecule has 0 spiro atoms. The third kappa shape index (κ3) is 9.48. The minimum Gasteiger partial charge on any atom is -0.352 e. The molecule has 0 aromatic carbocycles. The molecule has 1 unspecified atom stereocenters. The van der Waals surface area contributed by atoms with Crippen molar-refractivity contribution in [2.45, 2.75) is 64.5 Å². The third-order valence-corrected chi connectivity index (χ3v) is 3.49. The molecule has 0 fully saturated rings. The maximum absolute atomic E-state index is 11.7. The number of unbranched alkanes of at least 4 members (excludes halogenated alkanes) is 3. The first-order valence-corrected chi connectivity index (χ1v) is 8.06. The molecule has 0 heterocycles. The Morgan fingerprint density at radius 2 is 2.00 bits per heavy atom. The molecule has 0 radical (unpaired) electrons. The molecule has 0 aromatic rings. The zero-order valence-electron chi connectivity index (χ0n) is 11.5. The third-order valence-electron chi connectivity index (χ3n) is 2.85. The van der Waals surface area contributed by atoms with Gasteiger partial charge in [-0.1, -0.05) is 32.6 Å². The highest BCUT2D eigenvalue weighted by atomic mass is 32.2. The van der Waals surface area contributed by atoms with Crippen molar-refractivity contribution in [3.8, 4) is 0 Å². The summed E-state index contributed by atoms with van der Waals surface area (Å²) in [6, 6.07) is -0.0970. The monoisotopic (exact) mass is 260 g/mol. The number of carbonyl (C=O) groups is 1. The zero-order chi connectivity index (χ0) is 13.1. The first-order valence-electron chi connectivity index (χ1n) is 6.66. The molecular formula is C13H28N2OS. The van der Waals surface area contributed by atoms with E-state index in [2.05, 4.69) is 19.2 Å². The molecule has 3 nitrogen and oxygen atoms in total. The van der Waals surface area contributed by atoms with Crippen LogP contribution in [0.2, 0.25) is 0 Å². The summed E-state index contributed by atoms with van der Waals surface area (Å²) in [7, 11) is 0. The van der Waals surface area contributed by atoms with E-state index in [0.717, 1.165) is 18.6 Å². The molecule has 4 heteroatoms. The van der Waals surface area contributed by atoms with Crippen molar-refractivity contribution < 1.29 is 4.79 Å². The Labute approximate surface area is 110 Å². The Bertz CT molecular complexity index is 200. The van der Waals surface area contributed by atoms with E-state index in [-0.39, 0.29) is 18.0 Å². The van der Waals surface area contributed by atoms with Crippen LogP contribution in [0.4, 0.5) is 0 Å². The van der Waals surface area contributed by atoms with Gasteiger partial charge in [0.15, 0.2) is 0 Å². The quantitative estimate of drug-likeness (QED) is 0.594. The van der Waals surface area contributed by atoms with Gasteiger partial charge in [0, 0.05) is 6.04 Å². The van der Waals surface area contributed by atoms with Gasteiger partial charge in [0.25, 0.3) is 0 Å². The van der Waals surface area contributed by atoms with Gasteiger partial charge >= 0.3 is 0 Å². The molecule has 0 saturated carbocycles. The van der Waals surface area contributed by atoms with Crippen LogP contribution >= 0.6 is 11.8 Å². The molecule has 0 saturated heterocycles. The fourth-order valence-corrected chi connectivity index (χ4v) is 2.16. The molecular weight excluding hydrogens is 232 g/mol. The van der Waals surface area contributed by atoms with E-state index in [4.69, 9.17) is 5.73 Å². The van der Waals surface area contributed by atoms with E-state index in [9.17, 15) is 4.79 Å². The molecule has 0 aromatic heterocycles. The summed E-state index contributed by atoms with van der Waals surface area (Å²) in [4.78, 5) is 11.7. The molecule has 0 rings (SSSR count). The van der Waals surface area contributed by atoms with Gasteiger partial charge in [-0.3, -0.25) is 4.79 Å². The van der Waals surface area contributed by atoms with E-state index < -0.39 is 0 Å². The largest absolute Gasteiger partial charge is 0.352 e. The highest BCUT2D eigenvalue weighted by Crippen LogP contribution is 2.06. The van der Waals surface area contributed by atoms with Gasteiger partial charge in [0.2, 0.25) is 5.91 Å². The molecule has 17 heavy (non-hydrogen) atoms. The maximum Gasteiger partial charge on any atom is 0.237 e. The number of amides is 1. The molecule has 102 valence electrons. The molecule has 0 aliphatic rings. The highest BCUT2D eigenvalue weighted by Gasteiger charge is 2.14. The summed E-state index contributed by atoms with van der Waals surface area (Å²) in [5, 5.41) is 2.99. The van der Waals surface area contributed by atoms with Crippen molar-refractivity contribution >= 4 is 17.7 Å². The Morgan fingerprint density at radius 3 is 2.59 bits per heavy atom. The van der Waals surface area contributed by atoms with E-state index in [1.54, 1.807) is 11.8 Å². The second-order valence-corrected chi connectivity index (χ2v) is 5.63. The lowest BCUT2D eigenvalue weighted by Gasteiger charge is -2.17. The summed E-state index contributed by atoms with van der Waals surface area (Å²) in [6.45, 7) is 4.26. The Hall–Kier alpha value is -0.220. The van der Waals surface area contributed by atoms with Crippen LogP contribution < -0.4 is 11.1 Å². The van der Waals surface area contributed by atoms with Gasteiger partial charge in [-0.2, -0.15) is 11.8 Å². The molecule has 2 atom stereocenters. The van der Waals surface area contributed by atoms with E-state index in [0.29, 0.717) is 0 Å². The Morgan fingerprint density at radius 1 is 1.29 bits per heavy atom. The molecule has 0 bridgehead atoms. The van der Waals surface area contributed by atoms with Gasteiger partial charge in [0.1, 0.15) is 0 Å². The average Bonchev–Trinajstić information content (AvgIpc) is 2.31. The summed E-state index contributed by atoms with van der Waals surface area (Å²) >= 11 is 1.73. The van der Waals surface area contributed by atoms with Crippen molar-refractivity contribution in [3.63, 3.8) is 0 Å². The summed E-state index contributed by atoms with van der Waals surface area (Å²) in [5.41, 5.74) is 5.80. The van der Waals surface area contributed by atoms with Gasteiger partial charge in [0.05, 0.1) is 6.04 Å².